The summed E-state index contributed by atoms with van der Waals surface area (Å²) in [5.74, 6) is 1.21. The van der Waals surface area contributed by atoms with E-state index in [9.17, 15) is 13.5 Å². The Kier molecular flexibility index (Phi) is 5.13. The zero-order chi connectivity index (χ0) is 17.1. The Hall–Kier alpha value is -1.83. The van der Waals surface area contributed by atoms with Crippen molar-refractivity contribution in [1.82, 2.24) is 4.72 Å². The maximum atomic E-state index is 12.3. The Morgan fingerprint density at radius 1 is 1.35 bits per heavy atom. The summed E-state index contributed by atoms with van der Waals surface area (Å²) in [6, 6.07) is 8.05. The van der Waals surface area contributed by atoms with Gasteiger partial charge in [-0.2, -0.15) is 0 Å². The molecule has 0 saturated carbocycles. The normalized spacial score (nSPS) is 14.4. The van der Waals surface area contributed by atoms with E-state index in [0.717, 1.165) is 5.56 Å². The predicted octanol–water partition coefficient (Wildman–Crippen LogP) is 1.87. The smallest absolute Gasteiger partial charge is 0.240 e. The van der Waals surface area contributed by atoms with E-state index in [1.54, 1.807) is 32.0 Å². The zero-order valence-electron chi connectivity index (χ0n) is 13.4. The molecule has 1 atom stereocenters. The number of ether oxygens (including phenoxy) is 1. The number of aryl methyl sites for hydroxylation is 1. The number of hydrogen-bond donors (Lipinski definition) is 2. The Bertz CT molecular complexity index is 751. The molecular weight excluding hydrogens is 318 g/mol. The lowest BCUT2D eigenvalue weighted by Crippen LogP contribution is -2.42. The molecule has 0 aliphatic carbocycles. The molecule has 0 bridgehead atoms. The van der Waals surface area contributed by atoms with Gasteiger partial charge in [0, 0.05) is 13.0 Å². The van der Waals surface area contributed by atoms with Crippen LogP contribution in [0.25, 0.3) is 0 Å². The maximum Gasteiger partial charge on any atom is 0.240 e. The van der Waals surface area contributed by atoms with Crippen LogP contribution in [0.2, 0.25) is 0 Å². The standard InChI is InChI=1S/C16H21NO5S/c1-12-9-14(6-7-15(12)21-3)23(19,20)17-11-16(2,18)10-13-5-4-8-22-13/h4-9,17-18H,10-11H2,1-3H3/t16-/m0/s1. The van der Waals surface area contributed by atoms with Crippen molar-refractivity contribution in [3.8, 4) is 5.75 Å². The first-order valence-corrected chi connectivity index (χ1v) is 8.61. The van der Waals surface area contributed by atoms with Crippen LogP contribution in [0.5, 0.6) is 5.75 Å². The highest BCUT2D eigenvalue weighted by atomic mass is 32.2. The molecule has 2 rings (SSSR count). The van der Waals surface area contributed by atoms with Gasteiger partial charge in [0.15, 0.2) is 0 Å². The summed E-state index contributed by atoms with van der Waals surface area (Å²) in [6.45, 7) is 3.20. The van der Waals surface area contributed by atoms with Crippen LogP contribution in [-0.2, 0) is 16.4 Å². The lowest BCUT2D eigenvalue weighted by Gasteiger charge is -2.22. The Labute approximate surface area is 136 Å². The van der Waals surface area contributed by atoms with Gasteiger partial charge < -0.3 is 14.3 Å². The Morgan fingerprint density at radius 3 is 2.65 bits per heavy atom. The minimum absolute atomic E-state index is 0.124. The third-order valence-corrected chi connectivity index (χ3v) is 4.85. The minimum Gasteiger partial charge on any atom is -0.496 e. The topological polar surface area (TPSA) is 88.8 Å². The van der Waals surface area contributed by atoms with Crippen molar-refractivity contribution in [2.45, 2.75) is 30.8 Å². The van der Waals surface area contributed by atoms with Gasteiger partial charge in [-0.1, -0.05) is 0 Å². The molecule has 0 aliphatic heterocycles. The molecule has 0 spiro atoms. The minimum atomic E-state index is -3.72. The molecule has 0 aliphatic rings. The van der Waals surface area contributed by atoms with Gasteiger partial charge in [0.1, 0.15) is 11.5 Å². The molecule has 2 N–H and O–H groups in total. The van der Waals surface area contributed by atoms with Crippen LogP contribution < -0.4 is 9.46 Å². The van der Waals surface area contributed by atoms with Crippen molar-refractivity contribution in [1.29, 1.82) is 0 Å². The van der Waals surface area contributed by atoms with E-state index in [0.29, 0.717) is 11.5 Å². The molecule has 7 heteroatoms. The fourth-order valence-electron chi connectivity index (χ4n) is 2.20. The van der Waals surface area contributed by atoms with Crippen molar-refractivity contribution in [2.24, 2.45) is 0 Å². The first kappa shape index (κ1) is 17.5. The van der Waals surface area contributed by atoms with Crippen LogP contribution in [0, 0.1) is 6.92 Å². The van der Waals surface area contributed by atoms with Gasteiger partial charge in [-0.25, -0.2) is 13.1 Å². The van der Waals surface area contributed by atoms with Crippen molar-refractivity contribution >= 4 is 10.0 Å². The molecule has 0 fully saturated rings. The second kappa shape index (κ2) is 6.74. The van der Waals surface area contributed by atoms with Gasteiger partial charge in [0.2, 0.25) is 10.0 Å². The monoisotopic (exact) mass is 339 g/mol. The third-order valence-electron chi connectivity index (χ3n) is 3.45. The summed E-state index contributed by atoms with van der Waals surface area (Å²) in [6.07, 6.45) is 1.72. The SMILES string of the molecule is COc1ccc(S(=O)(=O)NC[C@@](C)(O)Cc2ccco2)cc1C. The molecule has 126 valence electrons. The highest BCUT2D eigenvalue weighted by Gasteiger charge is 2.26. The first-order valence-electron chi connectivity index (χ1n) is 7.12. The fraction of sp³-hybridized carbons (Fsp3) is 0.375. The second-order valence-corrected chi connectivity index (χ2v) is 7.48. The van der Waals surface area contributed by atoms with Gasteiger partial charge in [-0.05, 0) is 49.7 Å². The molecule has 23 heavy (non-hydrogen) atoms. The van der Waals surface area contributed by atoms with Crippen LogP contribution >= 0.6 is 0 Å². The summed E-state index contributed by atoms with van der Waals surface area (Å²) in [5, 5.41) is 10.3. The van der Waals surface area contributed by atoms with Gasteiger partial charge in [0.25, 0.3) is 0 Å². The van der Waals surface area contributed by atoms with Crippen molar-refractivity contribution in [3.05, 3.63) is 47.9 Å². The number of furan rings is 1. The Morgan fingerprint density at radius 2 is 2.09 bits per heavy atom. The Balaban J connectivity index is 2.07. The molecule has 2 aromatic rings. The van der Waals surface area contributed by atoms with Crippen LogP contribution in [0.1, 0.15) is 18.2 Å². The van der Waals surface area contributed by atoms with E-state index in [1.165, 1.54) is 25.5 Å². The summed E-state index contributed by atoms with van der Waals surface area (Å²) >= 11 is 0. The zero-order valence-corrected chi connectivity index (χ0v) is 14.2. The molecule has 0 saturated heterocycles. The van der Waals surface area contributed by atoms with Crippen molar-refractivity contribution < 1.29 is 22.7 Å². The van der Waals surface area contributed by atoms with Gasteiger partial charge in [-0.15, -0.1) is 0 Å². The fourth-order valence-corrected chi connectivity index (χ4v) is 3.45. The van der Waals surface area contributed by atoms with E-state index in [4.69, 9.17) is 9.15 Å². The molecule has 0 unspecified atom stereocenters. The number of rotatable bonds is 7. The summed E-state index contributed by atoms with van der Waals surface area (Å²) in [4.78, 5) is 0.129. The van der Waals surface area contributed by atoms with Crippen LogP contribution in [-0.4, -0.2) is 32.8 Å². The first-order chi connectivity index (χ1) is 10.7. The number of methoxy groups -OCH3 is 1. The third kappa shape index (κ3) is 4.57. The summed E-state index contributed by atoms with van der Waals surface area (Å²) in [7, 11) is -2.19. The van der Waals surface area contributed by atoms with Gasteiger partial charge in [0.05, 0.1) is 23.9 Å². The van der Waals surface area contributed by atoms with E-state index >= 15 is 0 Å². The molecule has 6 nitrogen and oxygen atoms in total. The van der Waals surface area contributed by atoms with Crippen molar-refractivity contribution in [3.63, 3.8) is 0 Å². The number of hydrogen-bond acceptors (Lipinski definition) is 5. The van der Waals surface area contributed by atoms with Gasteiger partial charge in [-0.3, -0.25) is 0 Å². The number of sulfonamides is 1. The molecule has 1 aromatic heterocycles. The van der Waals surface area contributed by atoms with Gasteiger partial charge >= 0.3 is 0 Å². The van der Waals surface area contributed by atoms with E-state index in [-0.39, 0.29) is 17.9 Å². The molecule has 1 aromatic carbocycles. The molecular formula is C16H21NO5S. The van der Waals surface area contributed by atoms with E-state index < -0.39 is 15.6 Å². The highest BCUT2D eigenvalue weighted by Crippen LogP contribution is 2.21. The number of aliphatic hydroxyl groups is 1. The van der Waals surface area contributed by atoms with Crippen LogP contribution in [0.3, 0.4) is 0 Å². The summed E-state index contributed by atoms with van der Waals surface area (Å²) < 4.78 is 37.4. The lowest BCUT2D eigenvalue weighted by atomic mass is 10.0. The average molecular weight is 339 g/mol. The van der Waals surface area contributed by atoms with E-state index in [1.807, 2.05) is 0 Å². The predicted molar refractivity (Wildman–Crippen MR) is 86.0 cm³/mol. The highest BCUT2D eigenvalue weighted by molar-refractivity contribution is 7.89. The molecule has 0 radical (unpaired) electrons. The van der Waals surface area contributed by atoms with Crippen molar-refractivity contribution in [2.75, 3.05) is 13.7 Å². The lowest BCUT2D eigenvalue weighted by molar-refractivity contribution is 0.0603. The second-order valence-electron chi connectivity index (χ2n) is 5.71. The molecule has 0 amide bonds. The quantitative estimate of drug-likeness (QED) is 0.804. The number of benzene rings is 1. The molecule has 1 heterocycles. The maximum absolute atomic E-state index is 12.3. The van der Waals surface area contributed by atoms with Crippen LogP contribution in [0.15, 0.2) is 45.9 Å². The van der Waals surface area contributed by atoms with Crippen LogP contribution in [0.4, 0.5) is 0 Å². The average Bonchev–Trinajstić information content (AvgIpc) is 2.97. The van der Waals surface area contributed by atoms with E-state index in [2.05, 4.69) is 4.72 Å². The number of nitrogens with one attached hydrogen (secondary N) is 1. The summed E-state index contributed by atoms with van der Waals surface area (Å²) in [5.41, 5.74) is -0.537. The largest absolute Gasteiger partial charge is 0.496 e.